The molecule has 0 aliphatic rings. The van der Waals surface area contributed by atoms with E-state index < -0.39 is 0 Å². The molecule has 86 valence electrons. The van der Waals surface area contributed by atoms with Crippen molar-refractivity contribution in [2.45, 2.75) is 13.8 Å². The summed E-state index contributed by atoms with van der Waals surface area (Å²) >= 11 is 3.35. The van der Waals surface area contributed by atoms with E-state index in [1.54, 1.807) is 12.3 Å². The number of halogens is 1. The maximum Gasteiger partial charge on any atom is 0.212 e. The van der Waals surface area contributed by atoms with Crippen molar-refractivity contribution in [2.75, 3.05) is 0 Å². The third-order valence-electron chi connectivity index (χ3n) is 2.82. The third kappa shape index (κ3) is 2.29. The second-order valence-electron chi connectivity index (χ2n) is 3.91. The van der Waals surface area contributed by atoms with Crippen molar-refractivity contribution in [3.8, 4) is 0 Å². The second kappa shape index (κ2) is 4.80. The Kier molecular flexibility index (Phi) is 3.38. The van der Waals surface area contributed by atoms with Crippen LogP contribution in [0, 0.1) is 13.8 Å². The van der Waals surface area contributed by atoms with Gasteiger partial charge in [0.15, 0.2) is 0 Å². The van der Waals surface area contributed by atoms with Gasteiger partial charge in [0.25, 0.3) is 0 Å². The fourth-order valence-electron chi connectivity index (χ4n) is 1.68. The van der Waals surface area contributed by atoms with E-state index in [-0.39, 0.29) is 5.78 Å². The molecule has 2 nitrogen and oxygen atoms in total. The first-order valence-corrected chi connectivity index (χ1v) is 6.12. The number of aromatic nitrogens is 1. The molecule has 1 heterocycles. The van der Waals surface area contributed by atoms with Crippen LogP contribution < -0.4 is 0 Å². The van der Waals surface area contributed by atoms with Gasteiger partial charge in [0.05, 0.1) is 0 Å². The first-order valence-electron chi connectivity index (χ1n) is 5.32. The van der Waals surface area contributed by atoms with Gasteiger partial charge in [-0.3, -0.25) is 9.78 Å². The minimum Gasteiger partial charge on any atom is -0.287 e. The average molecular weight is 290 g/mol. The standard InChI is InChI=1S/C14H12BrNO/c1-9-5-3-6-11(10(9)2)14(17)13-12(15)7-4-8-16-13/h3-8H,1-2H3. The number of carbonyl (C=O) groups excluding carboxylic acids is 1. The maximum absolute atomic E-state index is 12.3. The van der Waals surface area contributed by atoms with Crippen molar-refractivity contribution in [1.82, 2.24) is 4.98 Å². The molecular weight excluding hydrogens is 278 g/mol. The smallest absolute Gasteiger partial charge is 0.212 e. The molecule has 17 heavy (non-hydrogen) atoms. The van der Waals surface area contributed by atoms with Gasteiger partial charge in [-0.15, -0.1) is 0 Å². The molecule has 0 N–H and O–H groups in total. The molecule has 0 amide bonds. The van der Waals surface area contributed by atoms with Gasteiger partial charge in [0, 0.05) is 16.2 Å². The molecule has 0 fully saturated rings. The van der Waals surface area contributed by atoms with Crippen LogP contribution in [-0.4, -0.2) is 10.8 Å². The minimum atomic E-state index is -0.0429. The SMILES string of the molecule is Cc1cccc(C(=O)c2ncccc2Br)c1C. The lowest BCUT2D eigenvalue weighted by molar-refractivity contribution is 0.103. The molecule has 0 bridgehead atoms. The zero-order chi connectivity index (χ0) is 12.4. The van der Waals surface area contributed by atoms with Crippen molar-refractivity contribution < 1.29 is 4.79 Å². The minimum absolute atomic E-state index is 0.0429. The Morgan fingerprint density at radius 1 is 1.18 bits per heavy atom. The Bertz CT molecular complexity index is 578. The monoisotopic (exact) mass is 289 g/mol. The molecular formula is C14H12BrNO. The van der Waals surface area contributed by atoms with E-state index in [2.05, 4.69) is 20.9 Å². The Labute approximate surface area is 109 Å². The summed E-state index contributed by atoms with van der Waals surface area (Å²) in [7, 11) is 0. The Hall–Kier alpha value is -1.48. The number of rotatable bonds is 2. The molecule has 0 saturated heterocycles. The lowest BCUT2D eigenvalue weighted by atomic mass is 9.98. The van der Waals surface area contributed by atoms with Crippen molar-refractivity contribution in [3.63, 3.8) is 0 Å². The van der Waals surface area contributed by atoms with Gasteiger partial charge in [-0.25, -0.2) is 0 Å². The lowest BCUT2D eigenvalue weighted by Gasteiger charge is -2.07. The molecule has 0 radical (unpaired) electrons. The number of hydrogen-bond acceptors (Lipinski definition) is 2. The van der Waals surface area contributed by atoms with E-state index in [0.29, 0.717) is 11.3 Å². The zero-order valence-corrected chi connectivity index (χ0v) is 11.3. The van der Waals surface area contributed by atoms with Gasteiger partial charge in [-0.05, 0) is 53.0 Å². The second-order valence-corrected chi connectivity index (χ2v) is 4.76. The zero-order valence-electron chi connectivity index (χ0n) is 9.70. The third-order valence-corrected chi connectivity index (χ3v) is 3.46. The molecule has 3 heteroatoms. The van der Waals surface area contributed by atoms with E-state index in [4.69, 9.17) is 0 Å². The van der Waals surface area contributed by atoms with Crippen molar-refractivity contribution >= 4 is 21.7 Å². The highest BCUT2D eigenvalue weighted by atomic mass is 79.9. The molecule has 0 spiro atoms. The summed E-state index contributed by atoms with van der Waals surface area (Å²) in [6.45, 7) is 3.96. The van der Waals surface area contributed by atoms with Crippen molar-refractivity contribution in [2.24, 2.45) is 0 Å². The normalized spacial score (nSPS) is 10.3. The van der Waals surface area contributed by atoms with Gasteiger partial charge in [0.1, 0.15) is 5.69 Å². The van der Waals surface area contributed by atoms with Crippen LogP contribution in [0.4, 0.5) is 0 Å². The summed E-state index contributed by atoms with van der Waals surface area (Å²) in [4.78, 5) is 16.5. The molecule has 2 aromatic rings. The van der Waals surface area contributed by atoms with Crippen LogP contribution >= 0.6 is 15.9 Å². The number of pyridine rings is 1. The molecule has 0 atom stereocenters. The van der Waals surface area contributed by atoms with Crippen LogP contribution in [0.15, 0.2) is 41.0 Å². The highest BCUT2D eigenvalue weighted by molar-refractivity contribution is 9.10. The van der Waals surface area contributed by atoms with E-state index >= 15 is 0 Å². The largest absolute Gasteiger partial charge is 0.287 e. The molecule has 1 aromatic carbocycles. The Morgan fingerprint density at radius 2 is 1.94 bits per heavy atom. The highest BCUT2D eigenvalue weighted by Crippen LogP contribution is 2.20. The van der Waals surface area contributed by atoms with Crippen LogP contribution in [-0.2, 0) is 0 Å². The highest BCUT2D eigenvalue weighted by Gasteiger charge is 2.16. The van der Waals surface area contributed by atoms with Gasteiger partial charge in [-0.1, -0.05) is 18.2 Å². The van der Waals surface area contributed by atoms with Gasteiger partial charge in [-0.2, -0.15) is 0 Å². The summed E-state index contributed by atoms with van der Waals surface area (Å²) in [5, 5.41) is 0. The van der Waals surface area contributed by atoms with Gasteiger partial charge < -0.3 is 0 Å². The van der Waals surface area contributed by atoms with Gasteiger partial charge in [0.2, 0.25) is 5.78 Å². The first kappa shape index (κ1) is 12.0. The van der Waals surface area contributed by atoms with Crippen molar-refractivity contribution in [3.05, 3.63) is 63.4 Å². The summed E-state index contributed by atoms with van der Waals surface area (Å²) in [5.41, 5.74) is 3.29. The van der Waals surface area contributed by atoms with E-state index in [1.807, 2.05) is 38.1 Å². The van der Waals surface area contributed by atoms with Crippen LogP contribution in [0.1, 0.15) is 27.2 Å². The van der Waals surface area contributed by atoms with E-state index in [0.717, 1.165) is 15.6 Å². The number of carbonyl (C=O) groups is 1. The molecule has 0 saturated carbocycles. The van der Waals surface area contributed by atoms with Crippen LogP contribution in [0.2, 0.25) is 0 Å². The van der Waals surface area contributed by atoms with E-state index in [9.17, 15) is 4.79 Å². The predicted octanol–water partition coefficient (Wildman–Crippen LogP) is 3.69. The number of ketones is 1. The fourth-order valence-corrected chi connectivity index (χ4v) is 2.11. The van der Waals surface area contributed by atoms with Gasteiger partial charge >= 0.3 is 0 Å². The molecule has 0 aliphatic heterocycles. The summed E-state index contributed by atoms with van der Waals surface area (Å²) in [6.07, 6.45) is 1.63. The Balaban J connectivity index is 2.52. The topological polar surface area (TPSA) is 30.0 Å². The Morgan fingerprint density at radius 3 is 2.65 bits per heavy atom. The lowest BCUT2D eigenvalue weighted by Crippen LogP contribution is -2.07. The van der Waals surface area contributed by atoms with Crippen LogP contribution in [0.3, 0.4) is 0 Å². The van der Waals surface area contributed by atoms with Crippen LogP contribution in [0.25, 0.3) is 0 Å². The predicted molar refractivity (Wildman–Crippen MR) is 71.3 cm³/mol. The molecule has 2 rings (SSSR count). The average Bonchev–Trinajstić information content (AvgIpc) is 2.32. The number of benzene rings is 1. The number of nitrogens with zero attached hydrogens (tertiary/aromatic N) is 1. The fraction of sp³-hybridized carbons (Fsp3) is 0.143. The van der Waals surface area contributed by atoms with E-state index in [1.165, 1.54) is 0 Å². The van der Waals surface area contributed by atoms with Crippen molar-refractivity contribution in [1.29, 1.82) is 0 Å². The summed E-state index contributed by atoms with van der Waals surface area (Å²) < 4.78 is 0.728. The maximum atomic E-state index is 12.3. The molecule has 0 unspecified atom stereocenters. The summed E-state index contributed by atoms with van der Waals surface area (Å²) in [5.74, 6) is -0.0429. The first-order chi connectivity index (χ1) is 8.11. The molecule has 0 aliphatic carbocycles. The van der Waals surface area contributed by atoms with Crippen LogP contribution in [0.5, 0.6) is 0 Å². The quantitative estimate of drug-likeness (QED) is 0.789. The summed E-state index contributed by atoms with van der Waals surface area (Å²) in [6, 6.07) is 9.35. The number of aryl methyl sites for hydroxylation is 1. The molecule has 1 aromatic heterocycles. The number of hydrogen-bond donors (Lipinski definition) is 0.